The van der Waals surface area contributed by atoms with Crippen molar-refractivity contribution in [2.24, 2.45) is 0 Å². The van der Waals surface area contributed by atoms with E-state index in [0.717, 1.165) is 8.61 Å². The number of benzene rings is 1. The number of aromatic nitrogens is 5. The number of fused-ring (bicyclic) bond motifs is 1. The second-order valence-electron chi connectivity index (χ2n) is 7.72. The van der Waals surface area contributed by atoms with Crippen molar-refractivity contribution in [2.45, 2.75) is 6.54 Å². The first-order chi connectivity index (χ1) is 16.6. The molecule has 0 saturated heterocycles. The molecule has 184 valence electrons. The van der Waals surface area contributed by atoms with Gasteiger partial charge in [0.25, 0.3) is 0 Å². The molecule has 0 saturated carbocycles. The van der Waals surface area contributed by atoms with E-state index < -0.39 is 16.8 Å². The molecular weight excluding hydrogens is 477 g/mol. The Hall–Kier alpha value is -3.88. The lowest BCUT2D eigenvalue weighted by Gasteiger charge is -2.27. The molecule has 14 heteroatoms. The molecule has 0 aliphatic rings. The van der Waals surface area contributed by atoms with Crippen LogP contribution in [0.15, 0.2) is 42.6 Å². The number of nitrogen functional groups attached to an aromatic ring is 2. The van der Waals surface area contributed by atoms with E-state index in [0.29, 0.717) is 22.3 Å². The summed E-state index contributed by atoms with van der Waals surface area (Å²) in [5, 5.41) is 14.5. The third-order valence-corrected chi connectivity index (χ3v) is 7.07. The van der Waals surface area contributed by atoms with Crippen LogP contribution in [0.25, 0.3) is 22.6 Å². The molecule has 1 aromatic carbocycles. The maximum Gasteiger partial charge on any atom is 0.303 e. The molecule has 4 aromatic rings. The predicted octanol–water partition coefficient (Wildman–Crippen LogP) is 0.845. The van der Waals surface area contributed by atoms with E-state index >= 15 is 0 Å². The van der Waals surface area contributed by atoms with E-state index in [4.69, 9.17) is 11.5 Å². The molecular formula is C21H24FN9O3S. The van der Waals surface area contributed by atoms with Crippen molar-refractivity contribution in [2.75, 3.05) is 43.0 Å². The Labute approximate surface area is 200 Å². The summed E-state index contributed by atoms with van der Waals surface area (Å²) in [6, 6.07) is 9.78. The summed E-state index contributed by atoms with van der Waals surface area (Å²) in [5.41, 5.74) is 13.3. The Bertz CT molecular complexity index is 1470. The second kappa shape index (κ2) is 9.40. The van der Waals surface area contributed by atoms with Gasteiger partial charge in [0.1, 0.15) is 17.2 Å². The number of rotatable bonds is 8. The third kappa shape index (κ3) is 4.45. The number of halogens is 1. The molecule has 3 aromatic heterocycles. The van der Waals surface area contributed by atoms with Gasteiger partial charge in [-0.15, -0.1) is 0 Å². The highest BCUT2D eigenvalue weighted by atomic mass is 32.2. The lowest BCUT2D eigenvalue weighted by Crippen LogP contribution is -2.42. The highest BCUT2D eigenvalue weighted by molar-refractivity contribution is 7.90. The molecule has 0 unspecified atom stereocenters. The van der Waals surface area contributed by atoms with Gasteiger partial charge in [0.05, 0.1) is 25.1 Å². The maximum atomic E-state index is 14.3. The number of aliphatic hydroxyl groups excluding tert-OH is 1. The predicted molar refractivity (Wildman–Crippen MR) is 130 cm³/mol. The van der Waals surface area contributed by atoms with Crippen molar-refractivity contribution in [3.05, 3.63) is 54.0 Å². The van der Waals surface area contributed by atoms with Gasteiger partial charge in [-0.1, -0.05) is 18.2 Å². The van der Waals surface area contributed by atoms with Crippen LogP contribution in [0.3, 0.4) is 0 Å². The molecule has 0 atom stereocenters. The van der Waals surface area contributed by atoms with Gasteiger partial charge in [0.2, 0.25) is 0 Å². The molecule has 0 amide bonds. The standard InChI is InChI=1S/C21H24FN9O3S/c1-29(2)35(33,34)31(10-11-32)17-18(23)26-20(27-19(17)24)16-14-7-5-9-25-21(14)30(28-16)12-13-6-3-4-8-15(13)22/h3-9,32H,10-12H2,1-2H3,(H4,23,24,26,27). The maximum absolute atomic E-state index is 14.3. The molecule has 0 aliphatic carbocycles. The summed E-state index contributed by atoms with van der Waals surface area (Å²) in [4.78, 5) is 12.9. The van der Waals surface area contributed by atoms with E-state index in [1.165, 1.54) is 24.8 Å². The van der Waals surface area contributed by atoms with Gasteiger partial charge in [0, 0.05) is 25.9 Å². The monoisotopic (exact) mass is 501 g/mol. The SMILES string of the molecule is CN(C)S(=O)(=O)N(CCO)c1c(N)nc(-c2nn(Cc3ccccc3F)c3ncccc23)nc1N. The van der Waals surface area contributed by atoms with Crippen LogP contribution in [-0.2, 0) is 16.8 Å². The number of aliphatic hydroxyl groups is 1. The van der Waals surface area contributed by atoms with E-state index in [9.17, 15) is 17.9 Å². The van der Waals surface area contributed by atoms with Crippen LogP contribution in [0.1, 0.15) is 5.56 Å². The average Bonchev–Trinajstić information content (AvgIpc) is 3.18. The normalized spacial score (nSPS) is 11.9. The van der Waals surface area contributed by atoms with E-state index in [1.807, 2.05) is 0 Å². The molecule has 35 heavy (non-hydrogen) atoms. The van der Waals surface area contributed by atoms with Gasteiger partial charge in [-0.3, -0.25) is 0 Å². The lowest BCUT2D eigenvalue weighted by atomic mass is 10.2. The second-order valence-corrected chi connectivity index (χ2v) is 9.79. The number of hydrogen-bond donors (Lipinski definition) is 3. The zero-order chi connectivity index (χ0) is 25.3. The van der Waals surface area contributed by atoms with Crippen molar-refractivity contribution in [1.82, 2.24) is 29.0 Å². The Kier molecular flexibility index (Phi) is 6.51. The highest BCUT2D eigenvalue weighted by Gasteiger charge is 2.30. The van der Waals surface area contributed by atoms with Crippen LogP contribution < -0.4 is 15.8 Å². The Morgan fingerprint density at radius 2 is 1.77 bits per heavy atom. The zero-order valence-electron chi connectivity index (χ0n) is 19.0. The Morgan fingerprint density at radius 3 is 2.40 bits per heavy atom. The van der Waals surface area contributed by atoms with Gasteiger partial charge in [-0.25, -0.2) is 28.3 Å². The van der Waals surface area contributed by atoms with Crippen molar-refractivity contribution in [3.63, 3.8) is 0 Å². The number of anilines is 3. The van der Waals surface area contributed by atoms with Gasteiger partial charge in [-0.2, -0.15) is 17.8 Å². The summed E-state index contributed by atoms with van der Waals surface area (Å²) in [6.07, 6.45) is 1.58. The minimum absolute atomic E-state index is 0.0419. The average molecular weight is 502 g/mol. The van der Waals surface area contributed by atoms with Crippen molar-refractivity contribution < 1.29 is 17.9 Å². The van der Waals surface area contributed by atoms with Crippen molar-refractivity contribution in [3.8, 4) is 11.5 Å². The number of nitrogens with two attached hydrogens (primary N) is 2. The third-order valence-electron chi connectivity index (χ3n) is 5.23. The Balaban J connectivity index is 1.84. The van der Waals surface area contributed by atoms with Crippen LogP contribution in [0.4, 0.5) is 21.7 Å². The van der Waals surface area contributed by atoms with Crippen molar-refractivity contribution in [1.29, 1.82) is 0 Å². The topological polar surface area (TPSA) is 169 Å². The van der Waals surface area contributed by atoms with E-state index in [1.54, 1.807) is 36.5 Å². The molecule has 0 bridgehead atoms. The van der Waals surface area contributed by atoms with Gasteiger partial charge in [0.15, 0.2) is 23.1 Å². The lowest BCUT2D eigenvalue weighted by molar-refractivity contribution is 0.306. The summed E-state index contributed by atoms with van der Waals surface area (Å²) >= 11 is 0. The minimum Gasteiger partial charge on any atom is -0.394 e. The summed E-state index contributed by atoms with van der Waals surface area (Å²) in [6.45, 7) is -0.680. The molecule has 12 nitrogen and oxygen atoms in total. The first-order valence-corrected chi connectivity index (χ1v) is 11.8. The fourth-order valence-electron chi connectivity index (χ4n) is 3.56. The fraction of sp³-hybridized carbons (Fsp3) is 0.238. The molecule has 0 fully saturated rings. The molecule has 0 spiro atoms. The minimum atomic E-state index is -4.04. The number of hydrogen-bond acceptors (Lipinski definition) is 9. The van der Waals surface area contributed by atoms with E-state index in [-0.39, 0.29) is 42.1 Å². The summed E-state index contributed by atoms with van der Waals surface area (Å²) in [5.74, 6) is -0.770. The molecule has 0 aliphatic heterocycles. The van der Waals surface area contributed by atoms with Crippen LogP contribution in [0, 0.1) is 5.82 Å². The summed E-state index contributed by atoms with van der Waals surface area (Å²) < 4.78 is 43.1. The zero-order valence-corrected chi connectivity index (χ0v) is 19.8. The van der Waals surface area contributed by atoms with Crippen LogP contribution >= 0.6 is 0 Å². The number of nitrogens with zero attached hydrogens (tertiary/aromatic N) is 7. The van der Waals surface area contributed by atoms with Crippen molar-refractivity contribution >= 4 is 38.6 Å². The fourth-order valence-corrected chi connectivity index (χ4v) is 4.68. The molecule has 3 heterocycles. The van der Waals surface area contributed by atoms with Gasteiger partial charge < -0.3 is 16.6 Å². The van der Waals surface area contributed by atoms with Crippen LogP contribution in [0.5, 0.6) is 0 Å². The molecule has 4 rings (SSSR count). The Morgan fingerprint density at radius 1 is 1.09 bits per heavy atom. The molecule has 5 N–H and O–H groups in total. The van der Waals surface area contributed by atoms with Crippen LogP contribution in [-0.4, -0.2) is 69.8 Å². The largest absolute Gasteiger partial charge is 0.394 e. The molecule has 0 radical (unpaired) electrons. The summed E-state index contributed by atoms with van der Waals surface area (Å²) in [7, 11) is -1.37. The highest BCUT2D eigenvalue weighted by Crippen LogP contribution is 2.34. The van der Waals surface area contributed by atoms with Crippen LogP contribution in [0.2, 0.25) is 0 Å². The quantitative estimate of drug-likeness (QED) is 0.317. The van der Waals surface area contributed by atoms with E-state index in [2.05, 4.69) is 20.1 Å². The number of pyridine rings is 1. The van der Waals surface area contributed by atoms with Gasteiger partial charge in [-0.05, 0) is 18.2 Å². The first kappa shape index (κ1) is 24.3. The first-order valence-electron chi connectivity index (χ1n) is 10.4. The smallest absolute Gasteiger partial charge is 0.303 e. The van der Waals surface area contributed by atoms with Gasteiger partial charge >= 0.3 is 10.2 Å².